The lowest BCUT2D eigenvalue weighted by Gasteiger charge is -2.37. The number of halogens is 2. The van der Waals surface area contributed by atoms with Gasteiger partial charge in [-0.1, -0.05) is 44.0 Å². The molecular formula is C33H48Br2O8. The number of fused-ring (bicyclic) bond motifs is 3. The number of methoxy groups -OCH3 is 2. The van der Waals surface area contributed by atoms with Crippen molar-refractivity contribution in [3.8, 4) is 11.1 Å². The molecule has 1 aliphatic carbocycles. The first-order chi connectivity index (χ1) is 20.9. The van der Waals surface area contributed by atoms with Crippen molar-refractivity contribution >= 4 is 31.9 Å². The van der Waals surface area contributed by atoms with Crippen LogP contribution in [-0.2, 0) is 43.3 Å². The molecule has 0 fully saturated rings. The van der Waals surface area contributed by atoms with Crippen LogP contribution in [0.2, 0.25) is 0 Å². The Morgan fingerprint density at radius 2 is 0.884 bits per heavy atom. The van der Waals surface area contributed by atoms with Crippen molar-refractivity contribution in [3.05, 3.63) is 56.5 Å². The van der Waals surface area contributed by atoms with Crippen LogP contribution >= 0.6 is 31.9 Å². The lowest BCUT2D eigenvalue weighted by Crippen LogP contribution is -2.35. The van der Waals surface area contributed by atoms with E-state index in [1.54, 1.807) is 14.2 Å². The first kappa shape index (κ1) is 36.5. The second-order valence-corrected chi connectivity index (χ2v) is 12.5. The van der Waals surface area contributed by atoms with Gasteiger partial charge in [-0.25, -0.2) is 0 Å². The molecule has 0 saturated heterocycles. The Balaban J connectivity index is 1.64. The molecule has 2 aromatic carbocycles. The summed E-state index contributed by atoms with van der Waals surface area (Å²) in [4.78, 5) is 0. The number of benzene rings is 2. The average Bonchev–Trinajstić information content (AvgIpc) is 3.22. The van der Waals surface area contributed by atoms with E-state index < -0.39 is 0 Å². The van der Waals surface area contributed by atoms with E-state index in [0.29, 0.717) is 79.3 Å². The van der Waals surface area contributed by atoms with E-state index in [0.717, 1.165) is 21.8 Å². The van der Waals surface area contributed by atoms with E-state index in [2.05, 4.69) is 82.1 Å². The molecule has 8 nitrogen and oxygen atoms in total. The smallest absolute Gasteiger partial charge is 0.0704 e. The van der Waals surface area contributed by atoms with Gasteiger partial charge in [0.25, 0.3) is 0 Å². The number of ether oxygens (including phenoxy) is 8. The van der Waals surface area contributed by atoms with E-state index >= 15 is 0 Å². The molecule has 0 N–H and O–H groups in total. The Morgan fingerprint density at radius 1 is 0.535 bits per heavy atom. The molecule has 2 atom stereocenters. The van der Waals surface area contributed by atoms with Crippen LogP contribution in [0, 0.1) is 0 Å². The van der Waals surface area contributed by atoms with Crippen molar-refractivity contribution < 1.29 is 37.9 Å². The highest BCUT2D eigenvalue weighted by molar-refractivity contribution is 9.10. The molecule has 0 saturated carbocycles. The van der Waals surface area contributed by atoms with Crippen LogP contribution in [0.15, 0.2) is 45.3 Å². The van der Waals surface area contributed by atoms with E-state index in [4.69, 9.17) is 37.9 Å². The number of hydrogen-bond acceptors (Lipinski definition) is 8. The van der Waals surface area contributed by atoms with Crippen LogP contribution in [-0.4, -0.2) is 106 Å². The summed E-state index contributed by atoms with van der Waals surface area (Å²) in [6.45, 7) is 10.9. The lowest BCUT2D eigenvalue weighted by molar-refractivity contribution is -0.0281. The summed E-state index contributed by atoms with van der Waals surface area (Å²) in [7, 11) is 3.33. The molecule has 242 valence electrons. The zero-order valence-corrected chi connectivity index (χ0v) is 29.2. The third-order valence-electron chi connectivity index (χ3n) is 7.42. The van der Waals surface area contributed by atoms with Crippen LogP contribution in [0.3, 0.4) is 0 Å². The maximum Gasteiger partial charge on any atom is 0.0704 e. The molecule has 0 unspecified atom stereocenters. The topological polar surface area (TPSA) is 73.8 Å². The SMILES string of the molecule is COCCOCCOCCO[C@@H](C)CC1(C[C@H](C)OCCOCCOCCOC)c2cc(Br)ccc2-c2ccc(Br)cc21. The van der Waals surface area contributed by atoms with Gasteiger partial charge >= 0.3 is 0 Å². The molecule has 0 aliphatic heterocycles. The van der Waals surface area contributed by atoms with Gasteiger partial charge in [-0.3, -0.25) is 0 Å². The minimum Gasteiger partial charge on any atom is -0.382 e. The van der Waals surface area contributed by atoms with Gasteiger partial charge in [0.1, 0.15) is 0 Å². The maximum atomic E-state index is 6.32. The minimum atomic E-state index is -0.289. The Hall–Kier alpha value is -0.920. The summed E-state index contributed by atoms with van der Waals surface area (Å²) in [5, 5.41) is 0. The second-order valence-electron chi connectivity index (χ2n) is 10.7. The van der Waals surface area contributed by atoms with Gasteiger partial charge in [0.2, 0.25) is 0 Å². The molecular weight excluding hydrogens is 684 g/mol. The summed E-state index contributed by atoms with van der Waals surface area (Å²) in [6, 6.07) is 13.2. The highest BCUT2D eigenvalue weighted by Crippen LogP contribution is 2.55. The Labute approximate surface area is 274 Å². The van der Waals surface area contributed by atoms with Crippen molar-refractivity contribution in [2.24, 2.45) is 0 Å². The van der Waals surface area contributed by atoms with E-state index in [9.17, 15) is 0 Å². The summed E-state index contributed by atoms with van der Waals surface area (Å²) >= 11 is 7.48. The van der Waals surface area contributed by atoms with E-state index in [-0.39, 0.29) is 17.6 Å². The molecule has 3 rings (SSSR count). The molecule has 0 bridgehead atoms. The molecule has 2 aromatic rings. The predicted octanol–water partition coefficient (Wildman–Crippen LogP) is 6.43. The Bertz CT molecular complexity index is 986. The number of hydrogen-bond donors (Lipinski definition) is 0. The zero-order chi connectivity index (χ0) is 30.9. The quantitative estimate of drug-likeness (QED) is 0.115. The summed E-state index contributed by atoms with van der Waals surface area (Å²) < 4.78 is 47.1. The molecule has 10 heteroatoms. The summed E-state index contributed by atoms with van der Waals surface area (Å²) in [6.07, 6.45) is 1.60. The van der Waals surface area contributed by atoms with Gasteiger partial charge in [-0.2, -0.15) is 0 Å². The van der Waals surface area contributed by atoms with Gasteiger partial charge < -0.3 is 37.9 Å². The maximum absolute atomic E-state index is 6.32. The fraction of sp³-hybridized carbons (Fsp3) is 0.636. The summed E-state index contributed by atoms with van der Waals surface area (Å²) in [5.41, 5.74) is 4.84. The largest absolute Gasteiger partial charge is 0.382 e. The average molecular weight is 733 g/mol. The van der Waals surface area contributed by atoms with E-state index in [1.807, 2.05) is 0 Å². The third kappa shape index (κ3) is 11.7. The van der Waals surface area contributed by atoms with Gasteiger partial charge in [0.15, 0.2) is 0 Å². The van der Waals surface area contributed by atoms with Gasteiger partial charge in [0, 0.05) is 28.6 Å². The Kier molecular flexibility index (Phi) is 17.2. The van der Waals surface area contributed by atoms with Gasteiger partial charge in [-0.05, 0) is 73.2 Å². The first-order valence-electron chi connectivity index (χ1n) is 15.0. The molecule has 0 spiro atoms. The molecule has 1 aliphatic rings. The van der Waals surface area contributed by atoms with Crippen LogP contribution in [0.4, 0.5) is 0 Å². The highest BCUT2D eigenvalue weighted by atomic mass is 79.9. The minimum absolute atomic E-state index is 0.00745. The van der Waals surface area contributed by atoms with Crippen LogP contribution in [0.25, 0.3) is 11.1 Å². The van der Waals surface area contributed by atoms with Crippen molar-refractivity contribution in [1.29, 1.82) is 0 Å². The van der Waals surface area contributed by atoms with Crippen molar-refractivity contribution in [2.75, 3.05) is 93.5 Å². The Morgan fingerprint density at radius 3 is 1.26 bits per heavy atom. The zero-order valence-electron chi connectivity index (χ0n) is 26.0. The van der Waals surface area contributed by atoms with E-state index in [1.165, 1.54) is 22.3 Å². The molecule has 0 radical (unpaired) electrons. The lowest BCUT2D eigenvalue weighted by atomic mass is 9.70. The number of rotatable bonds is 24. The normalized spacial score (nSPS) is 14.9. The molecule has 0 heterocycles. The molecule has 43 heavy (non-hydrogen) atoms. The monoisotopic (exact) mass is 730 g/mol. The van der Waals surface area contributed by atoms with Crippen LogP contribution < -0.4 is 0 Å². The predicted molar refractivity (Wildman–Crippen MR) is 175 cm³/mol. The van der Waals surface area contributed by atoms with Crippen molar-refractivity contribution in [1.82, 2.24) is 0 Å². The molecule has 0 aromatic heterocycles. The molecule has 0 amide bonds. The standard InChI is InChI=1S/C33H48Br2O8/c1-25(42-19-17-40-15-13-38-11-9-36-3)23-33(24-26(2)43-20-18-41-16-14-39-12-10-37-4)31-21-27(34)5-7-29(31)30-8-6-28(35)22-32(30)33/h5-8,21-22,25-26H,9-20,23-24H2,1-4H3/t25-,26-/m0/s1. The fourth-order valence-corrected chi connectivity index (χ4v) is 6.33. The van der Waals surface area contributed by atoms with Gasteiger partial charge in [0.05, 0.1) is 91.5 Å². The third-order valence-corrected chi connectivity index (χ3v) is 8.41. The summed E-state index contributed by atoms with van der Waals surface area (Å²) in [5.74, 6) is 0. The van der Waals surface area contributed by atoms with Crippen molar-refractivity contribution in [3.63, 3.8) is 0 Å². The fourth-order valence-electron chi connectivity index (χ4n) is 5.61. The second kappa shape index (κ2) is 20.3. The van der Waals surface area contributed by atoms with Gasteiger partial charge in [-0.15, -0.1) is 0 Å². The van der Waals surface area contributed by atoms with Crippen LogP contribution in [0.1, 0.15) is 37.8 Å². The van der Waals surface area contributed by atoms with Crippen molar-refractivity contribution in [2.45, 2.75) is 44.3 Å². The highest BCUT2D eigenvalue weighted by Gasteiger charge is 2.45. The van der Waals surface area contributed by atoms with Crippen LogP contribution in [0.5, 0.6) is 0 Å². The first-order valence-corrected chi connectivity index (χ1v) is 16.6.